The fraction of sp³-hybridized carbons (Fsp3) is 1.00. The molecule has 0 radical (unpaired) electrons. The quantitative estimate of drug-likeness (QED) is 0.556. The first kappa shape index (κ1) is 22.7. The Morgan fingerprint density at radius 3 is 1.40 bits per heavy atom. The minimum absolute atomic E-state index is 0. The van der Waals surface area contributed by atoms with Crippen LogP contribution in [0.3, 0.4) is 0 Å². The molecular weight excluding hydrogens is 234 g/mol. The Balaban J connectivity index is -0.0000000600. The van der Waals surface area contributed by atoms with Crippen molar-refractivity contribution in [3.05, 3.63) is 0 Å². The van der Waals surface area contributed by atoms with E-state index in [1.54, 1.807) is 13.8 Å². The fourth-order valence-electron chi connectivity index (χ4n) is 0.224. The summed E-state index contributed by atoms with van der Waals surface area (Å²) in [6.07, 6.45) is 0.812. The van der Waals surface area contributed by atoms with Crippen LogP contribution in [0.25, 0.3) is 0 Å². The van der Waals surface area contributed by atoms with E-state index in [0.29, 0.717) is 12.3 Å². The first-order valence-electron chi connectivity index (χ1n) is 2.43. The topological polar surface area (TPSA) is 37.3 Å². The van der Waals surface area contributed by atoms with Gasteiger partial charge in [-0.3, -0.25) is 4.57 Å². The van der Waals surface area contributed by atoms with E-state index in [1.807, 2.05) is 0 Å². The first-order chi connectivity index (χ1) is 3.12. The van der Waals surface area contributed by atoms with E-state index in [2.05, 4.69) is 0 Å². The van der Waals surface area contributed by atoms with Crippen molar-refractivity contribution in [2.75, 3.05) is 12.3 Å². The van der Waals surface area contributed by atoms with E-state index in [4.69, 9.17) is 4.89 Å². The summed E-state index contributed by atoms with van der Waals surface area (Å²) in [7, 11) is -2.65. The van der Waals surface area contributed by atoms with Crippen LogP contribution in [0.1, 0.15) is 13.8 Å². The molecule has 0 saturated heterocycles. The second-order valence-corrected chi connectivity index (χ2v) is 4.44. The van der Waals surface area contributed by atoms with Gasteiger partial charge in [0, 0.05) is 55.8 Å². The van der Waals surface area contributed by atoms with Gasteiger partial charge in [0.05, 0.1) is 0 Å². The molecule has 6 heteroatoms. The van der Waals surface area contributed by atoms with Crippen LogP contribution in [0.2, 0.25) is 0 Å². The molecule has 0 aromatic rings. The molecule has 10 heavy (non-hydrogen) atoms. The van der Waals surface area contributed by atoms with E-state index in [1.165, 1.54) is 0 Å². The van der Waals surface area contributed by atoms with Crippen molar-refractivity contribution in [1.82, 2.24) is 0 Å². The number of hydrogen-bond acceptors (Lipinski definition) is 1. The summed E-state index contributed by atoms with van der Waals surface area (Å²) < 4.78 is 10.5. The normalized spacial score (nSPS) is 8.30. The molecule has 0 aromatic carbocycles. The Morgan fingerprint density at radius 1 is 1.20 bits per heavy atom. The maximum Gasteiger partial charge on any atom is 0.200 e. The second kappa shape index (κ2) is 11.2. The van der Waals surface area contributed by atoms with Gasteiger partial charge in [0.25, 0.3) is 0 Å². The zero-order valence-electron chi connectivity index (χ0n) is 5.72. The molecule has 0 bridgehead atoms. The Labute approximate surface area is 103 Å². The molecule has 0 amide bonds. The SMILES string of the molecule is CCP(=O)(O)CC.[AlH3].[Ti].[Ti]. The summed E-state index contributed by atoms with van der Waals surface area (Å²) in [5.41, 5.74) is 0. The molecule has 0 fully saturated rings. The van der Waals surface area contributed by atoms with E-state index < -0.39 is 7.37 Å². The Kier molecular flexibility index (Phi) is 25.4. The average Bonchev–Trinajstić information content (AvgIpc) is 1.68. The van der Waals surface area contributed by atoms with Crippen molar-refractivity contribution in [2.45, 2.75) is 13.8 Å². The zero-order chi connectivity index (χ0) is 5.91. The summed E-state index contributed by atoms with van der Waals surface area (Å²) in [5, 5.41) is 0. The molecule has 2 nitrogen and oxygen atoms in total. The third-order valence-electron chi connectivity index (χ3n) is 0.988. The minimum Gasteiger partial charge on any atom is -0.344 e. The van der Waals surface area contributed by atoms with Gasteiger partial charge < -0.3 is 4.89 Å². The van der Waals surface area contributed by atoms with Crippen molar-refractivity contribution in [2.24, 2.45) is 0 Å². The second-order valence-electron chi connectivity index (χ2n) is 1.48. The summed E-state index contributed by atoms with van der Waals surface area (Å²) >= 11 is 0. The van der Waals surface area contributed by atoms with Crippen LogP contribution < -0.4 is 0 Å². The summed E-state index contributed by atoms with van der Waals surface area (Å²) in [6, 6.07) is 0. The molecule has 1 N–H and O–H groups in total. The van der Waals surface area contributed by atoms with Gasteiger partial charge in [-0.25, -0.2) is 0 Å². The van der Waals surface area contributed by atoms with Crippen LogP contribution in [0.4, 0.5) is 0 Å². The van der Waals surface area contributed by atoms with Crippen LogP contribution in [0.5, 0.6) is 0 Å². The summed E-state index contributed by atoms with van der Waals surface area (Å²) in [5.74, 6) is 0. The Morgan fingerprint density at radius 2 is 1.40 bits per heavy atom. The molecular formula is C4H14AlO2PTi2. The molecule has 0 aromatic heterocycles. The first-order valence-corrected chi connectivity index (χ1v) is 4.46. The Bertz CT molecular complexity index is 93.3. The van der Waals surface area contributed by atoms with Crippen molar-refractivity contribution < 1.29 is 52.9 Å². The molecule has 0 unspecified atom stereocenters. The van der Waals surface area contributed by atoms with Gasteiger partial charge in [-0.2, -0.15) is 0 Å². The molecule has 0 heterocycles. The largest absolute Gasteiger partial charge is 0.344 e. The van der Waals surface area contributed by atoms with Crippen LogP contribution in [0, 0.1) is 0 Å². The third-order valence-corrected chi connectivity index (χ3v) is 2.96. The maximum absolute atomic E-state index is 10.5. The van der Waals surface area contributed by atoms with Crippen LogP contribution in [-0.2, 0) is 48.0 Å². The van der Waals surface area contributed by atoms with Crippen molar-refractivity contribution >= 4 is 24.7 Å². The predicted octanol–water partition coefficient (Wildman–Crippen LogP) is 0.108. The van der Waals surface area contributed by atoms with Gasteiger partial charge in [0.2, 0.25) is 0 Å². The number of hydrogen-bond donors (Lipinski definition) is 1. The van der Waals surface area contributed by atoms with Crippen LogP contribution in [-0.4, -0.2) is 34.6 Å². The van der Waals surface area contributed by atoms with Gasteiger partial charge in [-0.15, -0.1) is 0 Å². The third kappa shape index (κ3) is 12.8. The molecule has 0 spiro atoms. The van der Waals surface area contributed by atoms with E-state index in [-0.39, 0.29) is 60.8 Å². The molecule has 0 aliphatic heterocycles. The van der Waals surface area contributed by atoms with Crippen molar-refractivity contribution in [3.8, 4) is 0 Å². The summed E-state index contributed by atoms with van der Waals surface area (Å²) in [4.78, 5) is 8.69. The molecule has 0 rings (SSSR count). The van der Waals surface area contributed by atoms with Gasteiger partial charge in [0.1, 0.15) is 0 Å². The van der Waals surface area contributed by atoms with Crippen LogP contribution >= 0.6 is 7.37 Å². The van der Waals surface area contributed by atoms with Gasteiger partial charge in [-0.1, -0.05) is 13.8 Å². The smallest absolute Gasteiger partial charge is 0.200 e. The van der Waals surface area contributed by atoms with E-state index in [9.17, 15) is 4.57 Å². The van der Waals surface area contributed by atoms with Gasteiger partial charge in [-0.05, 0) is 0 Å². The van der Waals surface area contributed by atoms with Crippen LogP contribution in [0.15, 0.2) is 0 Å². The molecule has 0 saturated carbocycles. The predicted molar refractivity (Wildman–Crippen MR) is 40.8 cm³/mol. The minimum atomic E-state index is -2.65. The van der Waals surface area contributed by atoms with E-state index in [0.717, 1.165) is 0 Å². The zero-order valence-corrected chi connectivity index (χ0v) is 9.73. The molecule has 0 aliphatic rings. The number of rotatable bonds is 2. The standard InChI is InChI=1S/C4H11O2P.Al.2Ti.3H/c1-3-7(5,6)4-2;;;;;;/h3-4H2,1-2H3,(H,5,6);;;;;;. The Hall–Kier alpha value is 2.15. The summed E-state index contributed by atoms with van der Waals surface area (Å²) in [6.45, 7) is 3.45. The van der Waals surface area contributed by atoms with Gasteiger partial charge >= 0.3 is 0 Å². The molecule has 0 aliphatic carbocycles. The molecule has 58 valence electrons. The van der Waals surface area contributed by atoms with E-state index >= 15 is 0 Å². The maximum atomic E-state index is 10.5. The monoisotopic (exact) mass is 248 g/mol. The fourth-order valence-corrected chi connectivity index (χ4v) is 0.671. The van der Waals surface area contributed by atoms with Crippen molar-refractivity contribution in [3.63, 3.8) is 0 Å². The average molecular weight is 248 g/mol. The molecule has 0 atom stereocenters. The van der Waals surface area contributed by atoms with Gasteiger partial charge in [0.15, 0.2) is 24.7 Å². The van der Waals surface area contributed by atoms with Crippen molar-refractivity contribution in [1.29, 1.82) is 0 Å².